The molecule has 1 unspecified atom stereocenters. The van der Waals surface area contributed by atoms with Gasteiger partial charge in [-0.25, -0.2) is 0 Å². The summed E-state index contributed by atoms with van der Waals surface area (Å²) in [5, 5.41) is 8.94. The summed E-state index contributed by atoms with van der Waals surface area (Å²) in [5.74, 6) is 0.466. The van der Waals surface area contributed by atoms with E-state index in [9.17, 15) is 9.59 Å². The highest BCUT2D eigenvalue weighted by atomic mass is 127. The van der Waals surface area contributed by atoms with Crippen molar-refractivity contribution in [2.45, 2.75) is 13.0 Å². The SMILES string of the molecule is COc1ccc(C(=O)NC(=S)Nc2ccc(NC(=O)C(C)Oc3ccccc3Cl)cc2)cc1I. The van der Waals surface area contributed by atoms with Gasteiger partial charge >= 0.3 is 0 Å². The van der Waals surface area contributed by atoms with E-state index >= 15 is 0 Å². The van der Waals surface area contributed by atoms with Crippen LogP contribution in [0.15, 0.2) is 66.7 Å². The van der Waals surface area contributed by atoms with Crippen LogP contribution in [0.25, 0.3) is 0 Å². The highest BCUT2D eigenvalue weighted by molar-refractivity contribution is 14.1. The fourth-order valence-corrected chi connectivity index (χ4v) is 3.94. The maximum Gasteiger partial charge on any atom is 0.265 e. The second kappa shape index (κ2) is 12.0. The highest BCUT2D eigenvalue weighted by Gasteiger charge is 2.16. The molecule has 0 saturated carbocycles. The van der Waals surface area contributed by atoms with Crippen molar-refractivity contribution in [3.63, 3.8) is 0 Å². The Bertz CT molecular complexity index is 1210. The Morgan fingerprint density at radius 3 is 2.24 bits per heavy atom. The molecule has 7 nitrogen and oxygen atoms in total. The molecule has 1 atom stereocenters. The number of amides is 2. The van der Waals surface area contributed by atoms with Crippen molar-refractivity contribution in [1.82, 2.24) is 5.32 Å². The van der Waals surface area contributed by atoms with Crippen molar-refractivity contribution in [1.29, 1.82) is 0 Å². The number of rotatable bonds is 7. The Morgan fingerprint density at radius 1 is 0.971 bits per heavy atom. The maximum absolute atomic E-state index is 12.4. The number of anilines is 2. The van der Waals surface area contributed by atoms with Crippen LogP contribution in [-0.2, 0) is 4.79 Å². The molecule has 0 saturated heterocycles. The molecule has 3 aromatic rings. The topological polar surface area (TPSA) is 88.7 Å². The third-order valence-corrected chi connectivity index (χ3v) is 5.92. The molecule has 0 aliphatic carbocycles. The third kappa shape index (κ3) is 7.05. The number of thiocarbonyl (C=S) groups is 1. The number of hydrogen-bond acceptors (Lipinski definition) is 5. The summed E-state index contributed by atoms with van der Waals surface area (Å²) in [4.78, 5) is 24.9. The van der Waals surface area contributed by atoms with Gasteiger partial charge in [-0.2, -0.15) is 0 Å². The zero-order valence-electron chi connectivity index (χ0n) is 18.2. The first-order valence-electron chi connectivity index (χ1n) is 10.0. The molecule has 0 fully saturated rings. The number of carbonyl (C=O) groups excluding carboxylic acids is 2. The van der Waals surface area contributed by atoms with E-state index in [0.717, 1.165) is 3.57 Å². The predicted octanol–water partition coefficient (Wildman–Crippen LogP) is 5.49. The fraction of sp³-hybridized carbons (Fsp3) is 0.125. The van der Waals surface area contributed by atoms with Crippen LogP contribution in [0.4, 0.5) is 11.4 Å². The van der Waals surface area contributed by atoms with Gasteiger partial charge in [0.1, 0.15) is 11.5 Å². The number of hydrogen-bond donors (Lipinski definition) is 3. The fourth-order valence-electron chi connectivity index (χ4n) is 2.81. The quantitative estimate of drug-likeness (QED) is 0.243. The molecule has 2 amide bonds. The number of carbonyl (C=O) groups is 2. The van der Waals surface area contributed by atoms with E-state index in [-0.39, 0.29) is 16.9 Å². The molecule has 34 heavy (non-hydrogen) atoms. The summed E-state index contributed by atoms with van der Waals surface area (Å²) in [6.45, 7) is 1.64. The summed E-state index contributed by atoms with van der Waals surface area (Å²) in [6.07, 6.45) is -0.749. The first kappa shape index (κ1) is 25.7. The predicted molar refractivity (Wildman–Crippen MR) is 146 cm³/mol. The lowest BCUT2D eigenvalue weighted by molar-refractivity contribution is -0.122. The maximum atomic E-state index is 12.4. The minimum Gasteiger partial charge on any atom is -0.496 e. The van der Waals surface area contributed by atoms with Gasteiger partial charge in [0.2, 0.25) is 0 Å². The Morgan fingerprint density at radius 2 is 1.62 bits per heavy atom. The van der Waals surface area contributed by atoms with Crippen molar-refractivity contribution in [3.8, 4) is 11.5 Å². The molecule has 0 heterocycles. The Kier molecular flexibility index (Phi) is 9.08. The van der Waals surface area contributed by atoms with Crippen LogP contribution in [0.2, 0.25) is 5.02 Å². The molecule has 10 heteroatoms. The first-order valence-corrected chi connectivity index (χ1v) is 11.9. The van der Waals surface area contributed by atoms with E-state index in [1.54, 1.807) is 80.8 Å². The highest BCUT2D eigenvalue weighted by Crippen LogP contribution is 2.25. The lowest BCUT2D eigenvalue weighted by Gasteiger charge is -2.16. The average Bonchev–Trinajstić information content (AvgIpc) is 2.81. The van der Waals surface area contributed by atoms with Gasteiger partial charge in [-0.05, 0) is 96.3 Å². The number of nitrogens with one attached hydrogen (secondary N) is 3. The summed E-state index contributed by atoms with van der Waals surface area (Å²) in [5.41, 5.74) is 1.68. The monoisotopic (exact) mass is 609 g/mol. The molecule has 3 aromatic carbocycles. The van der Waals surface area contributed by atoms with Crippen LogP contribution in [0.3, 0.4) is 0 Å². The number of benzene rings is 3. The molecule has 0 radical (unpaired) electrons. The van der Waals surface area contributed by atoms with Crippen LogP contribution in [0.5, 0.6) is 11.5 Å². The Labute approximate surface area is 221 Å². The van der Waals surface area contributed by atoms with Gasteiger partial charge in [-0.15, -0.1) is 0 Å². The van der Waals surface area contributed by atoms with E-state index < -0.39 is 6.10 Å². The molecule has 176 valence electrons. The Balaban J connectivity index is 1.52. The lowest BCUT2D eigenvalue weighted by atomic mass is 10.2. The molecular formula is C24H21ClIN3O4S. The van der Waals surface area contributed by atoms with Gasteiger partial charge in [-0.3, -0.25) is 14.9 Å². The van der Waals surface area contributed by atoms with Gasteiger partial charge in [0, 0.05) is 16.9 Å². The normalized spacial score (nSPS) is 11.2. The van der Waals surface area contributed by atoms with Crippen LogP contribution < -0.4 is 25.4 Å². The first-order chi connectivity index (χ1) is 16.3. The van der Waals surface area contributed by atoms with Gasteiger partial charge in [-0.1, -0.05) is 23.7 Å². The minimum atomic E-state index is -0.749. The summed E-state index contributed by atoms with van der Waals surface area (Å²) < 4.78 is 11.6. The standard InChI is InChI=1S/C24H21ClIN3O4S/c1-14(33-20-6-4-3-5-18(20)25)22(30)27-16-8-10-17(11-9-16)28-24(34)29-23(31)15-7-12-21(32-2)19(26)13-15/h3-14H,1-2H3,(H,27,30)(H2,28,29,31,34). The zero-order valence-corrected chi connectivity index (χ0v) is 22.0. The van der Waals surface area contributed by atoms with Gasteiger partial charge in [0.15, 0.2) is 11.2 Å². The van der Waals surface area contributed by atoms with Crippen molar-refractivity contribution in [3.05, 3.63) is 80.9 Å². The molecule has 0 bridgehead atoms. The number of halogens is 2. The average molecular weight is 610 g/mol. The molecule has 0 spiro atoms. The number of ether oxygens (including phenoxy) is 2. The molecule has 3 rings (SSSR count). The van der Waals surface area contributed by atoms with E-state index in [1.165, 1.54) is 0 Å². The Hall–Kier alpha value is -2.89. The lowest BCUT2D eigenvalue weighted by Crippen LogP contribution is -2.34. The van der Waals surface area contributed by atoms with Crippen molar-refractivity contribution in [2.24, 2.45) is 0 Å². The van der Waals surface area contributed by atoms with E-state index in [2.05, 4.69) is 38.5 Å². The molecule has 0 aromatic heterocycles. The third-order valence-electron chi connectivity index (χ3n) is 4.56. The molecule has 3 N–H and O–H groups in total. The van der Waals surface area contributed by atoms with E-state index in [1.807, 2.05) is 0 Å². The van der Waals surface area contributed by atoms with Crippen molar-refractivity contribution >= 4 is 74.7 Å². The zero-order chi connectivity index (χ0) is 24.7. The van der Waals surface area contributed by atoms with Crippen molar-refractivity contribution in [2.75, 3.05) is 17.7 Å². The number of para-hydroxylation sites is 1. The van der Waals surface area contributed by atoms with Gasteiger partial charge < -0.3 is 20.1 Å². The van der Waals surface area contributed by atoms with Crippen LogP contribution in [0.1, 0.15) is 17.3 Å². The van der Waals surface area contributed by atoms with Crippen LogP contribution in [-0.4, -0.2) is 30.1 Å². The molecule has 0 aliphatic rings. The minimum absolute atomic E-state index is 0.148. The second-order valence-electron chi connectivity index (χ2n) is 7.01. The molecule has 0 aliphatic heterocycles. The molecular weight excluding hydrogens is 589 g/mol. The van der Waals surface area contributed by atoms with E-state index in [0.29, 0.717) is 33.5 Å². The van der Waals surface area contributed by atoms with Crippen molar-refractivity contribution < 1.29 is 19.1 Å². The summed E-state index contributed by atoms with van der Waals surface area (Å²) in [6, 6.07) is 18.9. The second-order valence-corrected chi connectivity index (χ2v) is 8.99. The summed E-state index contributed by atoms with van der Waals surface area (Å²) in [7, 11) is 1.57. The van der Waals surface area contributed by atoms with Gasteiger partial charge in [0.05, 0.1) is 15.7 Å². The van der Waals surface area contributed by atoms with Crippen LogP contribution >= 0.6 is 46.4 Å². The van der Waals surface area contributed by atoms with Gasteiger partial charge in [0.25, 0.3) is 11.8 Å². The van der Waals surface area contributed by atoms with E-state index in [4.69, 9.17) is 33.3 Å². The number of methoxy groups -OCH3 is 1. The largest absolute Gasteiger partial charge is 0.496 e. The van der Waals surface area contributed by atoms with Crippen LogP contribution in [0, 0.1) is 3.57 Å². The smallest absolute Gasteiger partial charge is 0.265 e. The summed E-state index contributed by atoms with van der Waals surface area (Å²) >= 11 is 13.4.